The number of nitrogens with zero attached hydrogens (tertiary/aromatic N) is 4. The number of para-hydroxylation sites is 5. The summed E-state index contributed by atoms with van der Waals surface area (Å²) in [5.74, 6) is 0. The Morgan fingerprint density at radius 2 is 0.804 bits per heavy atom. The summed E-state index contributed by atoms with van der Waals surface area (Å²) in [5.41, 5.74) is 14.8. The van der Waals surface area contributed by atoms with Gasteiger partial charge in [-0.1, -0.05) is 140 Å². The lowest BCUT2D eigenvalue weighted by atomic mass is 9.92. The molecule has 0 fully saturated rings. The highest BCUT2D eigenvalue weighted by molar-refractivity contribution is 6.11. The van der Waals surface area contributed by atoms with Crippen LogP contribution in [0, 0.1) is 0 Å². The molecule has 0 radical (unpaired) electrons. The molecule has 4 nitrogen and oxygen atoms in total. The fourth-order valence-corrected chi connectivity index (χ4v) is 8.58. The Balaban J connectivity index is 1.28. The average molecular weight is 715 g/mol. The van der Waals surface area contributed by atoms with Crippen molar-refractivity contribution in [2.24, 2.45) is 0 Å². The highest BCUT2D eigenvalue weighted by Crippen LogP contribution is 2.44. The van der Waals surface area contributed by atoms with Gasteiger partial charge in [0, 0.05) is 38.9 Å². The molecule has 0 amide bonds. The molecule has 0 saturated carbocycles. The van der Waals surface area contributed by atoms with Crippen LogP contribution >= 0.6 is 0 Å². The minimum Gasteiger partial charge on any atom is -0.309 e. The van der Waals surface area contributed by atoms with E-state index in [9.17, 15) is 0 Å². The van der Waals surface area contributed by atoms with Crippen LogP contribution in [0.5, 0.6) is 0 Å². The third kappa shape index (κ3) is 5.08. The summed E-state index contributed by atoms with van der Waals surface area (Å²) in [6.07, 6.45) is 1.84. The fraction of sp³-hybridized carbons (Fsp3) is 0. The van der Waals surface area contributed by atoms with Gasteiger partial charge in [-0.15, -0.1) is 0 Å². The molecule has 4 heteroatoms. The number of hydrogen-bond acceptors (Lipinski definition) is 2. The molecule has 0 unspecified atom stereocenters. The molecule has 11 rings (SSSR count). The standard InChI is InChI=1S/C52H34N4/c1-2-17-35(18-3-1)36-33-44(43-25-14-15-32-53-43)54-45(34-36)52-42(24-16-31-51(52)56-48-28-11-6-21-39(48)40-22-7-12-29-49(40)56)41-23-8-13-30-50(41)55-46-26-9-4-19-37(46)38-20-5-10-27-47(38)55/h1-34H. The van der Waals surface area contributed by atoms with Crippen molar-refractivity contribution >= 4 is 43.6 Å². The number of pyridine rings is 2. The third-order valence-corrected chi connectivity index (χ3v) is 11.0. The Bertz CT molecular complexity index is 3080. The topological polar surface area (TPSA) is 35.6 Å². The lowest BCUT2D eigenvalue weighted by molar-refractivity contribution is 1.16. The maximum Gasteiger partial charge on any atom is 0.0899 e. The first-order valence-corrected chi connectivity index (χ1v) is 19.0. The molecule has 262 valence electrons. The first-order valence-electron chi connectivity index (χ1n) is 19.0. The predicted octanol–water partition coefficient (Wildman–Crippen LogP) is 13.3. The summed E-state index contributed by atoms with van der Waals surface area (Å²) in [6.45, 7) is 0. The Labute approximate surface area is 324 Å². The largest absolute Gasteiger partial charge is 0.309 e. The molecule has 0 aliphatic rings. The minimum absolute atomic E-state index is 0.820. The molecule has 0 spiro atoms. The van der Waals surface area contributed by atoms with Crippen LogP contribution in [0.2, 0.25) is 0 Å². The van der Waals surface area contributed by atoms with E-state index in [4.69, 9.17) is 9.97 Å². The number of aromatic nitrogens is 4. The molecular formula is C52H34N4. The highest BCUT2D eigenvalue weighted by atomic mass is 15.0. The number of fused-ring (bicyclic) bond motifs is 6. The highest BCUT2D eigenvalue weighted by Gasteiger charge is 2.23. The van der Waals surface area contributed by atoms with Crippen molar-refractivity contribution in [3.8, 4) is 56.3 Å². The molecular weight excluding hydrogens is 681 g/mol. The van der Waals surface area contributed by atoms with Gasteiger partial charge in [0.1, 0.15) is 0 Å². The molecule has 0 aliphatic carbocycles. The van der Waals surface area contributed by atoms with Gasteiger partial charge in [-0.2, -0.15) is 0 Å². The van der Waals surface area contributed by atoms with Gasteiger partial charge in [-0.3, -0.25) is 4.98 Å². The summed E-state index contributed by atoms with van der Waals surface area (Å²) in [5, 5.41) is 4.89. The van der Waals surface area contributed by atoms with Crippen molar-refractivity contribution in [2.75, 3.05) is 0 Å². The van der Waals surface area contributed by atoms with Gasteiger partial charge in [0.05, 0.1) is 50.5 Å². The van der Waals surface area contributed by atoms with Crippen molar-refractivity contribution in [3.63, 3.8) is 0 Å². The molecule has 7 aromatic carbocycles. The fourth-order valence-electron chi connectivity index (χ4n) is 8.58. The van der Waals surface area contributed by atoms with E-state index in [1.807, 2.05) is 24.4 Å². The van der Waals surface area contributed by atoms with Gasteiger partial charge in [-0.25, -0.2) is 4.98 Å². The van der Waals surface area contributed by atoms with E-state index in [1.54, 1.807) is 0 Å². The molecule has 56 heavy (non-hydrogen) atoms. The van der Waals surface area contributed by atoms with Gasteiger partial charge >= 0.3 is 0 Å². The SMILES string of the molecule is c1ccc(-c2cc(-c3ccccn3)nc(-c3c(-c4ccccc4-n4c5ccccc5c5ccccc54)cccc3-n3c4ccccc4c4ccccc43)c2)cc1. The lowest BCUT2D eigenvalue weighted by Crippen LogP contribution is -2.03. The minimum atomic E-state index is 0.820. The second kappa shape index (κ2) is 13.1. The van der Waals surface area contributed by atoms with E-state index in [1.165, 1.54) is 32.6 Å². The summed E-state index contributed by atoms with van der Waals surface area (Å²) in [4.78, 5) is 10.3. The molecule has 11 aromatic rings. The zero-order valence-electron chi connectivity index (χ0n) is 30.4. The average Bonchev–Trinajstić information content (AvgIpc) is 3.79. The molecule has 0 N–H and O–H groups in total. The smallest absolute Gasteiger partial charge is 0.0899 e. The molecule has 0 atom stereocenters. The zero-order chi connectivity index (χ0) is 37.0. The summed E-state index contributed by atoms with van der Waals surface area (Å²) in [6, 6.07) is 71.4. The molecule has 0 bridgehead atoms. The van der Waals surface area contributed by atoms with Crippen LogP contribution in [0.25, 0.3) is 99.9 Å². The Morgan fingerprint density at radius 3 is 1.41 bits per heavy atom. The van der Waals surface area contributed by atoms with E-state index in [0.29, 0.717) is 0 Å². The second-order valence-corrected chi connectivity index (χ2v) is 14.2. The van der Waals surface area contributed by atoms with Gasteiger partial charge < -0.3 is 9.13 Å². The van der Waals surface area contributed by atoms with E-state index in [-0.39, 0.29) is 0 Å². The Morgan fingerprint density at radius 1 is 0.321 bits per heavy atom. The summed E-state index contributed by atoms with van der Waals surface area (Å²) >= 11 is 0. The van der Waals surface area contributed by atoms with Crippen LogP contribution in [-0.4, -0.2) is 19.1 Å². The van der Waals surface area contributed by atoms with E-state index < -0.39 is 0 Å². The molecule has 4 aromatic heterocycles. The van der Waals surface area contributed by atoms with Crippen molar-refractivity contribution in [1.29, 1.82) is 0 Å². The lowest BCUT2D eigenvalue weighted by Gasteiger charge is -2.21. The summed E-state index contributed by atoms with van der Waals surface area (Å²) < 4.78 is 4.84. The van der Waals surface area contributed by atoms with Gasteiger partial charge in [0.25, 0.3) is 0 Å². The van der Waals surface area contributed by atoms with Gasteiger partial charge in [0.2, 0.25) is 0 Å². The monoisotopic (exact) mass is 714 g/mol. The Kier molecular flexibility index (Phi) is 7.46. The van der Waals surface area contributed by atoms with Crippen LogP contribution in [0.4, 0.5) is 0 Å². The first kappa shape index (κ1) is 31.9. The van der Waals surface area contributed by atoms with Crippen LogP contribution in [0.1, 0.15) is 0 Å². The van der Waals surface area contributed by atoms with Crippen molar-refractivity contribution in [2.45, 2.75) is 0 Å². The van der Waals surface area contributed by atoms with Crippen LogP contribution in [0.15, 0.2) is 206 Å². The first-order chi connectivity index (χ1) is 27.8. The molecule has 4 heterocycles. The zero-order valence-corrected chi connectivity index (χ0v) is 30.4. The predicted molar refractivity (Wildman–Crippen MR) is 232 cm³/mol. The summed E-state index contributed by atoms with van der Waals surface area (Å²) in [7, 11) is 0. The van der Waals surface area contributed by atoms with E-state index in [0.717, 1.165) is 67.3 Å². The molecule has 0 saturated heterocycles. The Hall–Kier alpha value is -7.56. The van der Waals surface area contributed by atoms with Crippen molar-refractivity contribution < 1.29 is 0 Å². The van der Waals surface area contributed by atoms with Gasteiger partial charge in [0.15, 0.2) is 0 Å². The number of hydrogen-bond donors (Lipinski definition) is 0. The second-order valence-electron chi connectivity index (χ2n) is 14.2. The van der Waals surface area contributed by atoms with Crippen LogP contribution in [0.3, 0.4) is 0 Å². The number of rotatable bonds is 6. The number of benzene rings is 7. The molecule has 0 aliphatic heterocycles. The van der Waals surface area contributed by atoms with Crippen LogP contribution < -0.4 is 0 Å². The normalized spacial score (nSPS) is 11.6. The van der Waals surface area contributed by atoms with E-state index in [2.05, 4.69) is 191 Å². The maximum atomic E-state index is 5.53. The quantitative estimate of drug-likeness (QED) is 0.172. The maximum absolute atomic E-state index is 5.53. The van der Waals surface area contributed by atoms with E-state index >= 15 is 0 Å². The van der Waals surface area contributed by atoms with Crippen molar-refractivity contribution in [1.82, 2.24) is 19.1 Å². The van der Waals surface area contributed by atoms with Crippen LogP contribution in [-0.2, 0) is 0 Å². The van der Waals surface area contributed by atoms with Gasteiger partial charge in [-0.05, 0) is 77.4 Å². The van der Waals surface area contributed by atoms with Crippen molar-refractivity contribution in [3.05, 3.63) is 206 Å². The third-order valence-electron chi connectivity index (χ3n) is 11.0.